The van der Waals surface area contributed by atoms with Gasteiger partial charge < -0.3 is 65.4 Å². The molecule has 0 saturated carbocycles. The molecule has 4 aliphatic rings. The first-order chi connectivity index (χ1) is 42.4. The fourth-order valence-electron chi connectivity index (χ4n) is 11.8. The Balaban J connectivity index is 0.670. The molecule has 9 rings (SSSR count). The molecular weight excluding hydrogens is 1130 g/mol. The number of amides is 5. The maximum Gasteiger partial charge on any atom is 0.254 e. The Bertz CT molecular complexity index is 3350. The number of rotatable bonds is 25. The molecule has 24 heteroatoms. The maximum absolute atomic E-state index is 14.8. The van der Waals surface area contributed by atoms with E-state index in [0.717, 1.165) is 42.4 Å². The van der Waals surface area contributed by atoms with Crippen molar-refractivity contribution < 1.29 is 52.0 Å². The highest BCUT2D eigenvalue weighted by molar-refractivity contribution is 5.96. The van der Waals surface area contributed by atoms with Crippen LogP contribution >= 0.6 is 0 Å². The summed E-state index contributed by atoms with van der Waals surface area (Å²) in [6, 6.07) is 17.5. The number of nitriles is 1. The minimum Gasteiger partial charge on any atom is -0.491 e. The first-order valence-corrected chi connectivity index (χ1v) is 30.4. The van der Waals surface area contributed by atoms with E-state index in [1.165, 1.54) is 34.9 Å². The van der Waals surface area contributed by atoms with Crippen LogP contribution in [0.4, 0.5) is 16.0 Å². The number of nitrogen functional groups attached to an aromatic ring is 1. The average Bonchev–Trinajstić information content (AvgIpc) is 2.80. The van der Waals surface area contributed by atoms with Crippen LogP contribution in [0.25, 0.3) is 11.3 Å². The molecular formula is C64H82FN13O10. The van der Waals surface area contributed by atoms with E-state index in [9.17, 15) is 33.6 Å². The van der Waals surface area contributed by atoms with Crippen LogP contribution in [-0.4, -0.2) is 164 Å². The molecule has 470 valence electrons. The number of hydrogen-bond acceptors (Lipinski definition) is 17. The second-order valence-electron chi connectivity index (χ2n) is 23.7. The van der Waals surface area contributed by atoms with Crippen molar-refractivity contribution in [1.82, 2.24) is 50.8 Å². The Morgan fingerprint density at radius 1 is 0.875 bits per heavy atom. The molecule has 2 bridgehead atoms. The lowest BCUT2D eigenvalue weighted by molar-refractivity contribution is -0.147. The molecule has 5 amide bonds. The van der Waals surface area contributed by atoms with E-state index in [2.05, 4.69) is 49.6 Å². The molecule has 5 heterocycles. The van der Waals surface area contributed by atoms with Gasteiger partial charge in [-0.1, -0.05) is 51.1 Å². The third-order valence-electron chi connectivity index (χ3n) is 16.6. The molecule has 6 N–H and O–H groups in total. The van der Waals surface area contributed by atoms with E-state index in [4.69, 9.17) is 34.4 Å². The number of nitrogens with one attached hydrogen (secondary N) is 4. The standard InChI is InChI=1S/C64H82FN13O10/c1-40(68-5)60(80)73-57(64(2,3)4)63(83)77-38-43-33-45(18-16-42(43)34-53(77)61(81)72-49-14-9-12-41-11-7-8-13-46(41)49)88-32-31-87-30-29-86-28-27-85-26-25-84-24-20-55(79)69-21-23-78-54-39-75(6)62(82)47-19-17-44(65)35-48(47)52-15-10-22-76(52)59-58(67)70-37-51(71-59)56(54)50(36-66)74-78/h7-8,11,13,16-19,33,35,37,40,49,52-53,57,68H,9-10,12,14-15,20-32,34,38-39H2,1-6H3,(H2,67,70)(H,69,79)(H,72,81)(H,73,80)/t40-,49+,52+,53-,57+/m0/s1. The zero-order chi connectivity index (χ0) is 62.5. The molecule has 1 aliphatic carbocycles. The molecule has 23 nitrogen and oxygen atoms in total. The summed E-state index contributed by atoms with van der Waals surface area (Å²) in [6.45, 7) is 11.2. The Kier molecular flexibility index (Phi) is 21.8. The van der Waals surface area contributed by atoms with E-state index >= 15 is 0 Å². The number of hydrogen-bond donors (Lipinski definition) is 5. The van der Waals surface area contributed by atoms with Crippen molar-refractivity contribution in [1.29, 1.82) is 5.26 Å². The van der Waals surface area contributed by atoms with Crippen molar-refractivity contribution in [3.8, 4) is 23.1 Å². The third kappa shape index (κ3) is 15.6. The van der Waals surface area contributed by atoms with Gasteiger partial charge in [0.1, 0.15) is 36.3 Å². The van der Waals surface area contributed by atoms with Crippen LogP contribution in [0.2, 0.25) is 0 Å². The predicted molar refractivity (Wildman–Crippen MR) is 325 cm³/mol. The quantitative estimate of drug-likeness (QED) is 0.0475. The van der Waals surface area contributed by atoms with E-state index in [0.29, 0.717) is 98.7 Å². The summed E-state index contributed by atoms with van der Waals surface area (Å²) in [6.07, 6.45) is 5.99. The van der Waals surface area contributed by atoms with Gasteiger partial charge in [-0.3, -0.25) is 28.7 Å². The van der Waals surface area contributed by atoms with Gasteiger partial charge >= 0.3 is 0 Å². The van der Waals surface area contributed by atoms with Crippen molar-refractivity contribution >= 4 is 41.2 Å². The number of nitrogens with two attached hydrogens (primary N) is 1. The first-order valence-electron chi connectivity index (χ1n) is 30.4. The van der Waals surface area contributed by atoms with Crippen LogP contribution in [-0.2, 0) is 70.6 Å². The number of nitrogens with zero attached hydrogens (tertiary/aromatic N) is 8. The summed E-state index contributed by atoms with van der Waals surface area (Å²) in [5.41, 5.74) is 12.1. The van der Waals surface area contributed by atoms with Gasteiger partial charge in [0.25, 0.3) is 5.91 Å². The van der Waals surface area contributed by atoms with Crippen LogP contribution in [0.1, 0.15) is 121 Å². The van der Waals surface area contributed by atoms with E-state index in [-0.39, 0.29) is 106 Å². The fourth-order valence-corrected chi connectivity index (χ4v) is 11.8. The number of carbonyl (C=O) groups excluding carboxylic acids is 5. The lowest BCUT2D eigenvalue weighted by Crippen LogP contribution is -2.62. The second kappa shape index (κ2) is 29.7. The molecule has 5 aromatic rings. The normalized spacial score (nSPS) is 17.8. The summed E-state index contributed by atoms with van der Waals surface area (Å²) < 4.78 is 45.1. The van der Waals surface area contributed by atoms with E-state index in [1.54, 1.807) is 30.6 Å². The van der Waals surface area contributed by atoms with Gasteiger partial charge in [0, 0.05) is 45.1 Å². The highest BCUT2D eigenvalue weighted by Crippen LogP contribution is 2.41. The Labute approximate surface area is 513 Å². The minimum absolute atomic E-state index is 0.0220. The topological polar surface area (TPSA) is 283 Å². The van der Waals surface area contributed by atoms with Crippen molar-refractivity contribution in [3.63, 3.8) is 0 Å². The largest absolute Gasteiger partial charge is 0.491 e. The summed E-state index contributed by atoms with van der Waals surface area (Å²) >= 11 is 0. The molecule has 0 radical (unpaired) electrons. The molecule has 0 spiro atoms. The number of aromatic nitrogens is 4. The minimum atomic E-state index is -0.897. The van der Waals surface area contributed by atoms with Crippen molar-refractivity contribution in [2.45, 2.75) is 122 Å². The number of aryl methyl sites for hydroxylation is 1. The Hall–Kier alpha value is -8.08. The summed E-state index contributed by atoms with van der Waals surface area (Å²) in [4.78, 5) is 83.7. The van der Waals surface area contributed by atoms with Gasteiger partial charge in [-0.2, -0.15) is 10.4 Å². The third-order valence-corrected chi connectivity index (χ3v) is 16.6. The Morgan fingerprint density at radius 3 is 2.33 bits per heavy atom. The summed E-state index contributed by atoms with van der Waals surface area (Å²) in [5, 5.41) is 27.0. The van der Waals surface area contributed by atoms with Crippen LogP contribution < -0.4 is 36.6 Å². The van der Waals surface area contributed by atoms with Crippen molar-refractivity contribution in [3.05, 3.63) is 117 Å². The number of halogens is 1. The lowest BCUT2D eigenvalue weighted by atomic mass is 9.83. The first kappa shape index (κ1) is 64.4. The zero-order valence-corrected chi connectivity index (χ0v) is 51.2. The molecule has 2 aromatic heterocycles. The van der Waals surface area contributed by atoms with Crippen LogP contribution in [0.15, 0.2) is 66.9 Å². The average molecular weight is 1210 g/mol. The zero-order valence-electron chi connectivity index (χ0n) is 51.2. The monoisotopic (exact) mass is 1210 g/mol. The molecule has 5 atom stereocenters. The van der Waals surface area contributed by atoms with Gasteiger partial charge in [-0.25, -0.2) is 14.4 Å². The smallest absolute Gasteiger partial charge is 0.254 e. The SMILES string of the molecule is CN[C@@H](C)C(=O)N[C@H](C(=O)N1Cc2cc(OCCOCCOCCOCCOCCC(=O)NCCn3nc(C#N)c4c3CN(C)C(=O)c3ccc(F)cc3[C@H]3CCCN3c3nc-4cnc3N)ccc2C[C@H]1C(=O)N[C@@H]1CCCc2ccccc21)C(C)(C)C. The number of benzene rings is 3. The van der Waals surface area contributed by atoms with Gasteiger partial charge in [-0.15, -0.1) is 0 Å². The van der Waals surface area contributed by atoms with Crippen LogP contribution in [0.3, 0.4) is 0 Å². The van der Waals surface area contributed by atoms with Gasteiger partial charge in [0.2, 0.25) is 23.6 Å². The van der Waals surface area contributed by atoms with Crippen molar-refractivity contribution in [2.75, 3.05) is 97.3 Å². The van der Waals surface area contributed by atoms with E-state index in [1.807, 2.05) is 56.0 Å². The lowest BCUT2D eigenvalue weighted by Gasteiger charge is -2.41. The molecule has 1 fully saturated rings. The molecule has 0 unspecified atom stereocenters. The second-order valence-corrected chi connectivity index (χ2v) is 23.7. The summed E-state index contributed by atoms with van der Waals surface area (Å²) in [7, 11) is 3.32. The van der Waals surface area contributed by atoms with Crippen LogP contribution in [0, 0.1) is 22.6 Å². The maximum atomic E-state index is 14.8. The fraction of sp³-hybridized carbons (Fsp3) is 0.516. The molecule has 3 aliphatic heterocycles. The number of fused-ring (bicyclic) bond motifs is 10. The highest BCUT2D eigenvalue weighted by Gasteiger charge is 2.43. The van der Waals surface area contributed by atoms with Crippen molar-refractivity contribution in [2.24, 2.45) is 5.41 Å². The number of ether oxygens (including phenoxy) is 5. The molecule has 3 aromatic carbocycles. The predicted octanol–water partition coefficient (Wildman–Crippen LogP) is 5.10. The van der Waals surface area contributed by atoms with E-state index < -0.39 is 29.4 Å². The summed E-state index contributed by atoms with van der Waals surface area (Å²) in [5.74, 6) is -0.767. The number of carbonyl (C=O) groups is 5. The highest BCUT2D eigenvalue weighted by atomic mass is 19.1. The van der Waals surface area contributed by atoms with Gasteiger partial charge in [-0.05, 0) is 110 Å². The Morgan fingerprint density at radius 2 is 1.60 bits per heavy atom. The number of likely N-dealkylation sites (N-methyl/N-ethyl adjacent to an activating group) is 1. The van der Waals surface area contributed by atoms with Gasteiger partial charge in [0.05, 0.1) is 107 Å². The number of anilines is 2. The van der Waals surface area contributed by atoms with Crippen LogP contribution in [0.5, 0.6) is 5.75 Å². The molecule has 1 saturated heterocycles. The van der Waals surface area contributed by atoms with Gasteiger partial charge in [0.15, 0.2) is 17.3 Å². The molecule has 88 heavy (non-hydrogen) atoms.